The highest BCUT2D eigenvalue weighted by molar-refractivity contribution is 7.98. The van der Waals surface area contributed by atoms with Crippen LogP contribution in [0.4, 0.5) is 11.6 Å². The Bertz CT molecular complexity index is 1300. The molecule has 0 radical (unpaired) electrons. The zero-order valence-electron chi connectivity index (χ0n) is 17.3. The molecule has 2 aromatic carbocycles. The van der Waals surface area contributed by atoms with Gasteiger partial charge in [-0.1, -0.05) is 23.7 Å². The van der Waals surface area contributed by atoms with Gasteiger partial charge in [-0.3, -0.25) is 4.57 Å². The molecule has 0 amide bonds. The third kappa shape index (κ3) is 5.69. The summed E-state index contributed by atoms with van der Waals surface area (Å²) < 4.78 is 12.1. The van der Waals surface area contributed by atoms with Crippen LogP contribution >= 0.6 is 23.5 Å². The Balaban J connectivity index is 1.62. The zero-order valence-corrected chi connectivity index (χ0v) is 18.9. The maximum absolute atomic E-state index is 13.1. The van der Waals surface area contributed by atoms with Crippen LogP contribution in [0.3, 0.4) is 0 Å². The maximum Gasteiger partial charge on any atom is 0.354 e. The third-order valence-corrected chi connectivity index (χ3v) is 5.49. The van der Waals surface area contributed by atoms with Gasteiger partial charge in [-0.15, -0.1) is 0 Å². The molecule has 0 saturated heterocycles. The molecule has 0 spiro atoms. The molecular formula is C21H20ClN7O3S. The molecule has 1 aliphatic rings. The Morgan fingerprint density at radius 1 is 1.09 bits per heavy atom. The molecule has 2 heterocycles. The van der Waals surface area contributed by atoms with Crippen molar-refractivity contribution in [1.29, 1.82) is 0 Å². The van der Waals surface area contributed by atoms with Crippen molar-refractivity contribution in [3.63, 3.8) is 0 Å². The van der Waals surface area contributed by atoms with E-state index in [0.29, 0.717) is 28.1 Å². The van der Waals surface area contributed by atoms with Crippen LogP contribution in [0.15, 0.2) is 67.5 Å². The minimum atomic E-state index is -0.672. The smallest absolute Gasteiger partial charge is 0.354 e. The van der Waals surface area contributed by atoms with Crippen LogP contribution < -0.4 is 27.2 Å². The van der Waals surface area contributed by atoms with Gasteiger partial charge in [0.2, 0.25) is 11.8 Å². The highest BCUT2D eigenvalue weighted by Crippen LogP contribution is 2.20. The molecule has 1 aliphatic heterocycles. The van der Waals surface area contributed by atoms with E-state index in [4.69, 9.17) is 22.1 Å². The van der Waals surface area contributed by atoms with Crippen molar-refractivity contribution >= 4 is 47.4 Å². The first-order valence-corrected chi connectivity index (χ1v) is 11.3. The summed E-state index contributed by atoms with van der Waals surface area (Å²) in [6, 6.07) is 14.1. The first-order chi connectivity index (χ1) is 16.0. The van der Waals surface area contributed by atoms with Crippen molar-refractivity contribution in [2.24, 2.45) is 15.1 Å². The van der Waals surface area contributed by atoms with Crippen molar-refractivity contribution in [3.05, 3.63) is 80.1 Å². The molecule has 4 rings (SSSR count). The average molecular weight is 486 g/mol. The molecule has 0 fully saturated rings. The Morgan fingerprint density at radius 2 is 1.85 bits per heavy atom. The third-order valence-electron chi connectivity index (χ3n) is 4.61. The second kappa shape index (κ2) is 10.5. The van der Waals surface area contributed by atoms with Gasteiger partial charge in [-0.25, -0.2) is 23.5 Å². The van der Waals surface area contributed by atoms with Crippen molar-refractivity contribution < 1.29 is 4.74 Å². The van der Waals surface area contributed by atoms with Crippen LogP contribution in [0.1, 0.15) is 5.56 Å². The fraction of sp³-hybridized carbons (Fsp3) is 0.190. The van der Waals surface area contributed by atoms with E-state index in [0.717, 1.165) is 10.1 Å². The first kappa shape index (κ1) is 22.8. The van der Waals surface area contributed by atoms with E-state index < -0.39 is 11.4 Å². The van der Waals surface area contributed by atoms with Gasteiger partial charge < -0.3 is 15.8 Å². The van der Waals surface area contributed by atoms with Crippen LogP contribution in [-0.2, 0) is 13.1 Å². The predicted molar refractivity (Wildman–Crippen MR) is 131 cm³/mol. The Hall–Kier alpha value is -3.41. The number of nitrogens with two attached hydrogens (primary N) is 1. The molecule has 3 aromatic rings. The van der Waals surface area contributed by atoms with Gasteiger partial charge in [0.1, 0.15) is 12.1 Å². The molecule has 0 bridgehead atoms. The molecule has 0 atom stereocenters. The number of ether oxygens (including phenoxy) is 1. The van der Waals surface area contributed by atoms with Crippen LogP contribution in [-0.4, -0.2) is 38.7 Å². The summed E-state index contributed by atoms with van der Waals surface area (Å²) in [5.41, 5.74) is 5.83. The van der Waals surface area contributed by atoms with E-state index in [-0.39, 0.29) is 25.6 Å². The monoisotopic (exact) mass is 485 g/mol. The number of nitrogens with zero attached hydrogens (tertiary/aromatic N) is 5. The van der Waals surface area contributed by atoms with Crippen LogP contribution in [0.2, 0.25) is 5.02 Å². The molecule has 1 aromatic heterocycles. The molecule has 3 N–H and O–H groups in total. The van der Waals surface area contributed by atoms with Gasteiger partial charge in [-0.2, -0.15) is 4.98 Å². The fourth-order valence-corrected chi connectivity index (χ4v) is 3.60. The molecule has 0 unspecified atom stereocenters. The van der Waals surface area contributed by atoms with Gasteiger partial charge in [-0.05, 0) is 53.9 Å². The van der Waals surface area contributed by atoms with Gasteiger partial charge in [0.05, 0.1) is 12.3 Å². The van der Waals surface area contributed by atoms with E-state index in [2.05, 4.69) is 19.7 Å². The van der Waals surface area contributed by atoms with Gasteiger partial charge in [0, 0.05) is 23.8 Å². The Kier molecular flexibility index (Phi) is 7.23. The second-order valence-electron chi connectivity index (χ2n) is 6.92. The highest BCUT2D eigenvalue weighted by atomic mass is 35.5. The van der Waals surface area contributed by atoms with Crippen molar-refractivity contribution in [3.8, 4) is 5.75 Å². The van der Waals surface area contributed by atoms with E-state index in [1.54, 1.807) is 48.5 Å². The van der Waals surface area contributed by atoms with E-state index in [9.17, 15) is 9.59 Å². The first-order valence-electron chi connectivity index (χ1n) is 9.95. The van der Waals surface area contributed by atoms with E-state index >= 15 is 0 Å². The lowest BCUT2D eigenvalue weighted by Gasteiger charge is -2.16. The largest absolute Gasteiger partial charge is 0.442 e. The Morgan fingerprint density at radius 3 is 2.52 bits per heavy atom. The van der Waals surface area contributed by atoms with Crippen molar-refractivity contribution in [1.82, 2.24) is 14.1 Å². The summed E-state index contributed by atoms with van der Waals surface area (Å²) in [7, 11) is 0. The number of nitrogens with one attached hydrogen (secondary N) is 1. The standard InChI is InChI=1S/C21H20ClN7O3S/c22-15-3-1-14(2-4-15)11-29-19(27-20(30)28(10-9-23)21(29)31)26-16-5-7-17(8-6-16)32-18-12-33-25-13-24-18/h1-8,13H,9-12,23H2,(H,26,27,30). The van der Waals surface area contributed by atoms with Crippen LogP contribution in [0, 0.1) is 0 Å². The lowest BCUT2D eigenvalue weighted by Crippen LogP contribution is -2.43. The number of anilines is 2. The zero-order chi connectivity index (χ0) is 23.2. The SMILES string of the molecule is NCCn1c(=O)nc(Nc2ccc(OC3=NC=NSC3)cc2)n(Cc2ccc(Cl)cc2)c1=O. The minimum absolute atomic E-state index is 0.0739. The maximum atomic E-state index is 13.1. The number of hydrogen-bond acceptors (Lipinski definition) is 9. The fourth-order valence-electron chi connectivity index (χ4n) is 3.04. The van der Waals surface area contributed by atoms with Gasteiger partial charge >= 0.3 is 11.4 Å². The lowest BCUT2D eigenvalue weighted by atomic mass is 10.2. The summed E-state index contributed by atoms with van der Waals surface area (Å²) in [6.07, 6.45) is 1.44. The molecule has 0 aliphatic carbocycles. The predicted octanol–water partition coefficient (Wildman–Crippen LogP) is 2.28. The second-order valence-corrected chi connectivity index (χ2v) is 8.12. The van der Waals surface area contributed by atoms with Gasteiger partial charge in [0.25, 0.3) is 0 Å². The Labute approximate surface area is 197 Å². The summed E-state index contributed by atoms with van der Waals surface area (Å²) >= 11 is 7.32. The molecule has 0 saturated carbocycles. The molecule has 12 heteroatoms. The normalized spacial score (nSPS) is 13.0. The number of rotatable bonds is 7. The molecule has 170 valence electrons. The van der Waals surface area contributed by atoms with Gasteiger partial charge in [0.15, 0.2) is 0 Å². The lowest BCUT2D eigenvalue weighted by molar-refractivity contribution is 0.549. The summed E-state index contributed by atoms with van der Waals surface area (Å²) in [5, 5.41) is 3.64. The van der Waals surface area contributed by atoms with Crippen molar-refractivity contribution in [2.75, 3.05) is 17.6 Å². The summed E-state index contributed by atoms with van der Waals surface area (Å²) in [6.45, 7) is 0.405. The van der Waals surface area contributed by atoms with E-state index in [1.165, 1.54) is 22.9 Å². The number of halogens is 1. The highest BCUT2D eigenvalue weighted by Gasteiger charge is 2.14. The topological polar surface area (TPSA) is 129 Å². The molecular weight excluding hydrogens is 466 g/mol. The number of aromatic nitrogens is 3. The summed E-state index contributed by atoms with van der Waals surface area (Å²) in [4.78, 5) is 33.7. The molecule has 33 heavy (non-hydrogen) atoms. The minimum Gasteiger partial charge on any atom is -0.442 e. The summed E-state index contributed by atoms with van der Waals surface area (Å²) in [5.74, 6) is 1.82. The molecule has 10 nitrogen and oxygen atoms in total. The van der Waals surface area contributed by atoms with Crippen LogP contribution in [0.25, 0.3) is 0 Å². The number of hydrogen-bond donors (Lipinski definition) is 2. The quantitative estimate of drug-likeness (QED) is 0.491. The number of benzene rings is 2. The van der Waals surface area contributed by atoms with Crippen molar-refractivity contribution in [2.45, 2.75) is 13.1 Å². The van der Waals surface area contributed by atoms with Crippen LogP contribution in [0.5, 0.6) is 5.75 Å². The average Bonchev–Trinajstić information content (AvgIpc) is 2.82. The van der Waals surface area contributed by atoms with E-state index in [1.807, 2.05) is 0 Å². The number of aliphatic imine (C=N–C) groups is 1.